The van der Waals surface area contributed by atoms with E-state index in [9.17, 15) is 13.2 Å². The van der Waals surface area contributed by atoms with Gasteiger partial charge < -0.3 is 5.32 Å². The van der Waals surface area contributed by atoms with E-state index in [1.165, 1.54) is 0 Å². The summed E-state index contributed by atoms with van der Waals surface area (Å²) in [5.41, 5.74) is 0. The summed E-state index contributed by atoms with van der Waals surface area (Å²) in [5.74, 6) is -0.833. The minimum atomic E-state index is -3.97. The van der Waals surface area contributed by atoms with Crippen molar-refractivity contribution < 1.29 is 13.2 Å². The molecule has 1 atom stereocenters. The topological polar surface area (TPSA) is 12.0 Å². The zero-order valence-corrected chi connectivity index (χ0v) is 7.28. The molecule has 0 radical (unpaired) electrons. The summed E-state index contributed by atoms with van der Waals surface area (Å²) < 4.78 is 36.1. The first kappa shape index (κ1) is 9.84. The molecule has 0 heterocycles. The zero-order chi connectivity index (χ0) is 9.35. The number of hydrogen-bond donors (Lipinski definition) is 1. The van der Waals surface area contributed by atoms with Crippen molar-refractivity contribution in [2.75, 3.05) is 7.05 Å². The highest BCUT2D eigenvalue weighted by molar-refractivity contribution is 4.88. The first-order valence-corrected chi connectivity index (χ1v) is 4.19. The largest absolute Gasteiger partial charge is 0.391 e. The Labute approximate surface area is 70.3 Å². The van der Waals surface area contributed by atoms with Gasteiger partial charge in [0.1, 0.15) is 0 Å². The maximum atomic E-state index is 12.0. The fourth-order valence-corrected chi connectivity index (χ4v) is 1.57. The van der Waals surface area contributed by atoms with Crippen molar-refractivity contribution in [2.24, 2.45) is 11.8 Å². The van der Waals surface area contributed by atoms with Crippen molar-refractivity contribution in [2.45, 2.75) is 32.0 Å². The van der Waals surface area contributed by atoms with E-state index in [4.69, 9.17) is 0 Å². The van der Waals surface area contributed by atoms with Crippen LogP contribution in [0.2, 0.25) is 0 Å². The van der Waals surface area contributed by atoms with Gasteiger partial charge >= 0.3 is 6.18 Å². The third-order valence-corrected chi connectivity index (χ3v) is 2.80. The molecule has 1 unspecified atom stereocenters. The van der Waals surface area contributed by atoms with Crippen molar-refractivity contribution in [3.8, 4) is 0 Å². The van der Waals surface area contributed by atoms with Crippen LogP contribution in [0.3, 0.4) is 0 Å². The van der Waals surface area contributed by atoms with Gasteiger partial charge in [-0.1, -0.05) is 0 Å². The van der Waals surface area contributed by atoms with Crippen LogP contribution in [0.25, 0.3) is 0 Å². The van der Waals surface area contributed by atoms with Crippen LogP contribution >= 0.6 is 0 Å². The van der Waals surface area contributed by atoms with E-state index >= 15 is 0 Å². The summed E-state index contributed by atoms with van der Waals surface area (Å²) >= 11 is 0. The standard InChI is InChI=1S/C8H14F3N/c1-5(12-2)6-3-7(4-6)8(9,10)11/h5-7,12H,3-4H2,1-2H3. The van der Waals surface area contributed by atoms with Crippen LogP contribution in [-0.4, -0.2) is 19.3 Å². The lowest BCUT2D eigenvalue weighted by Gasteiger charge is -2.39. The maximum Gasteiger partial charge on any atom is 0.391 e. The molecule has 4 heteroatoms. The Morgan fingerprint density at radius 2 is 1.83 bits per heavy atom. The summed E-state index contributed by atoms with van der Waals surface area (Å²) in [6.45, 7) is 1.93. The molecule has 0 saturated heterocycles. The number of alkyl halides is 3. The maximum absolute atomic E-state index is 12.0. The van der Waals surface area contributed by atoms with Crippen molar-refractivity contribution in [1.29, 1.82) is 0 Å². The van der Waals surface area contributed by atoms with Gasteiger partial charge in [0.25, 0.3) is 0 Å². The molecule has 72 valence electrons. The van der Waals surface area contributed by atoms with Crippen LogP contribution in [-0.2, 0) is 0 Å². The van der Waals surface area contributed by atoms with E-state index < -0.39 is 12.1 Å². The molecular formula is C8H14F3N. The number of rotatable bonds is 2. The molecule has 0 aromatic heterocycles. The number of nitrogens with one attached hydrogen (secondary N) is 1. The molecule has 1 aliphatic carbocycles. The van der Waals surface area contributed by atoms with Gasteiger partial charge in [0, 0.05) is 6.04 Å². The normalized spacial score (nSPS) is 32.8. The van der Waals surface area contributed by atoms with Crippen LogP contribution in [0, 0.1) is 11.8 Å². The SMILES string of the molecule is CNC(C)C1CC(C(F)(F)F)C1. The Balaban J connectivity index is 2.29. The molecule has 12 heavy (non-hydrogen) atoms. The highest BCUT2D eigenvalue weighted by atomic mass is 19.4. The lowest BCUT2D eigenvalue weighted by molar-refractivity contribution is -0.206. The number of halogens is 3. The zero-order valence-electron chi connectivity index (χ0n) is 7.28. The molecule has 1 N–H and O–H groups in total. The molecule has 1 rings (SSSR count). The average Bonchev–Trinajstić information content (AvgIpc) is 1.80. The second kappa shape index (κ2) is 3.24. The molecule has 0 aliphatic heterocycles. The van der Waals surface area contributed by atoms with Gasteiger partial charge in [-0.15, -0.1) is 0 Å². The summed E-state index contributed by atoms with van der Waals surface area (Å²) in [4.78, 5) is 0. The Kier molecular flexibility index (Phi) is 2.66. The molecule has 1 aliphatic rings. The van der Waals surface area contributed by atoms with Crippen molar-refractivity contribution in [3.05, 3.63) is 0 Å². The van der Waals surface area contributed by atoms with Gasteiger partial charge in [0.2, 0.25) is 0 Å². The van der Waals surface area contributed by atoms with Crippen LogP contribution in [0.15, 0.2) is 0 Å². The minimum Gasteiger partial charge on any atom is -0.317 e. The molecule has 0 bridgehead atoms. The first-order valence-electron chi connectivity index (χ1n) is 4.19. The Morgan fingerprint density at radius 3 is 2.17 bits per heavy atom. The predicted octanol–water partition coefficient (Wildman–Crippen LogP) is 2.18. The summed E-state index contributed by atoms with van der Waals surface area (Å²) in [6.07, 6.45) is -3.37. The fraction of sp³-hybridized carbons (Fsp3) is 1.00. The molecule has 0 spiro atoms. The van der Waals surface area contributed by atoms with Gasteiger partial charge in [-0.05, 0) is 32.7 Å². The lowest BCUT2D eigenvalue weighted by Crippen LogP contribution is -2.44. The Bertz CT molecular complexity index is 149. The highest BCUT2D eigenvalue weighted by Gasteiger charge is 2.48. The van der Waals surface area contributed by atoms with Crippen LogP contribution in [0.5, 0.6) is 0 Å². The predicted molar refractivity (Wildman–Crippen MR) is 40.8 cm³/mol. The van der Waals surface area contributed by atoms with Crippen LogP contribution < -0.4 is 5.32 Å². The molecule has 0 aromatic carbocycles. The molecular weight excluding hydrogens is 167 g/mol. The second-order valence-corrected chi connectivity index (χ2v) is 3.55. The average molecular weight is 181 g/mol. The van der Waals surface area contributed by atoms with Crippen molar-refractivity contribution in [1.82, 2.24) is 5.32 Å². The van der Waals surface area contributed by atoms with Gasteiger partial charge in [-0.25, -0.2) is 0 Å². The quantitative estimate of drug-likeness (QED) is 0.688. The van der Waals surface area contributed by atoms with E-state index in [-0.39, 0.29) is 12.0 Å². The summed E-state index contributed by atoms with van der Waals surface area (Å²) in [7, 11) is 1.78. The first-order chi connectivity index (χ1) is 5.45. The van der Waals surface area contributed by atoms with Crippen molar-refractivity contribution >= 4 is 0 Å². The van der Waals surface area contributed by atoms with E-state index in [2.05, 4.69) is 5.32 Å². The third-order valence-electron chi connectivity index (χ3n) is 2.80. The van der Waals surface area contributed by atoms with Gasteiger partial charge in [-0.3, -0.25) is 0 Å². The Morgan fingerprint density at radius 1 is 1.33 bits per heavy atom. The molecule has 1 saturated carbocycles. The lowest BCUT2D eigenvalue weighted by atomic mass is 9.71. The van der Waals surface area contributed by atoms with Gasteiger partial charge in [0.05, 0.1) is 5.92 Å². The Hall–Kier alpha value is -0.250. The molecule has 1 nitrogen and oxygen atoms in total. The van der Waals surface area contributed by atoms with Gasteiger partial charge in [-0.2, -0.15) is 13.2 Å². The molecule has 0 aromatic rings. The smallest absolute Gasteiger partial charge is 0.317 e. The summed E-state index contributed by atoms with van der Waals surface area (Å²) in [6, 6.07) is 0.212. The summed E-state index contributed by atoms with van der Waals surface area (Å²) in [5, 5.41) is 2.97. The van der Waals surface area contributed by atoms with Crippen molar-refractivity contribution in [3.63, 3.8) is 0 Å². The van der Waals surface area contributed by atoms with E-state index in [0.29, 0.717) is 12.8 Å². The fourth-order valence-electron chi connectivity index (χ4n) is 1.57. The van der Waals surface area contributed by atoms with E-state index in [1.54, 1.807) is 7.05 Å². The minimum absolute atomic E-state index is 0.210. The van der Waals surface area contributed by atoms with E-state index in [0.717, 1.165) is 0 Å². The highest BCUT2D eigenvalue weighted by Crippen LogP contribution is 2.45. The molecule has 1 fully saturated rings. The monoisotopic (exact) mass is 181 g/mol. The molecule has 0 amide bonds. The second-order valence-electron chi connectivity index (χ2n) is 3.55. The third kappa shape index (κ3) is 1.91. The van der Waals surface area contributed by atoms with Gasteiger partial charge in [0.15, 0.2) is 0 Å². The van der Waals surface area contributed by atoms with E-state index in [1.807, 2.05) is 6.92 Å². The number of hydrogen-bond acceptors (Lipinski definition) is 1. The van der Waals surface area contributed by atoms with Crippen LogP contribution in [0.4, 0.5) is 13.2 Å². The van der Waals surface area contributed by atoms with Crippen LogP contribution in [0.1, 0.15) is 19.8 Å².